The molecule has 3 amide bonds. The zero-order valence-electron chi connectivity index (χ0n) is 16.6. The van der Waals surface area contributed by atoms with Crippen molar-refractivity contribution >= 4 is 17.8 Å². The monoisotopic (exact) mass is 398 g/mol. The fraction of sp³-hybridized carbons (Fsp3) is 0.600. The lowest BCUT2D eigenvalue weighted by Crippen LogP contribution is -2.46. The molecule has 0 radical (unpaired) electrons. The van der Waals surface area contributed by atoms with Gasteiger partial charge in [0, 0.05) is 35.3 Å². The number of aromatic amines is 1. The van der Waals surface area contributed by atoms with Crippen LogP contribution in [0.4, 0.5) is 10.6 Å². The molecule has 5 rings (SSSR count). The summed E-state index contributed by atoms with van der Waals surface area (Å²) in [5, 5.41) is 20.1. The van der Waals surface area contributed by atoms with Crippen LogP contribution in [0.5, 0.6) is 0 Å². The fourth-order valence-corrected chi connectivity index (χ4v) is 4.53. The third kappa shape index (κ3) is 3.86. The van der Waals surface area contributed by atoms with Crippen LogP contribution >= 0.6 is 0 Å². The Morgan fingerprint density at radius 3 is 2.83 bits per heavy atom. The number of rotatable bonds is 6. The fourth-order valence-electron chi connectivity index (χ4n) is 4.53. The Morgan fingerprint density at radius 2 is 2.10 bits per heavy atom. The van der Waals surface area contributed by atoms with E-state index >= 15 is 0 Å². The molecule has 0 aliphatic heterocycles. The number of anilines is 1. The molecule has 0 spiro atoms. The number of nitrogens with zero attached hydrogens (tertiary/aromatic N) is 2. The second kappa shape index (κ2) is 6.60. The lowest BCUT2D eigenvalue weighted by atomic mass is 9.98. The van der Waals surface area contributed by atoms with Gasteiger partial charge >= 0.3 is 6.03 Å². The molecule has 2 heterocycles. The van der Waals surface area contributed by atoms with Gasteiger partial charge < -0.3 is 20.5 Å². The number of aryl methyl sites for hydroxylation is 1. The van der Waals surface area contributed by atoms with Crippen molar-refractivity contribution in [2.75, 3.05) is 5.32 Å². The average molecular weight is 398 g/mol. The van der Waals surface area contributed by atoms with E-state index in [0.29, 0.717) is 29.3 Å². The standard InChI is InChI=1S/C20H26N6O3/c1-10-5-11(29-26-10)6-18(27)22-17-9-16(24-25-17)14-8-15(13-7-12(13)14)21-19(28)23-20(2)3-4-20/h5,9,12-15H,3-4,6-8H2,1-2H3,(H2,21,23,28)(H2,22,24,25,27)/t12-,13+,14-,15+/m1/s1. The van der Waals surface area contributed by atoms with Crippen molar-refractivity contribution < 1.29 is 14.1 Å². The van der Waals surface area contributed by atoms with Crippen molar-refractivity contribution in [1.29, 1.82) is 0 Å². The van der Waals surface area contributed by atoms with Crippen molar-refractivity contribution in [1.82, 2.24) is 26.0 Å². The zero-order valence-corrected chi connectivity index (χ0v) is 16.6. The maximum absolute atomic E-state index is 12.2. The summed E-state index contributed by atoms with van der Waals surface area (Å²) in [5.41, 5.74) is 1.76. The number of hydrogen-bond donors (Lipinski definition) is 4. The van der Waals surface area contributed by atoms with E-state index in [1.807, 2.05) is 13.0 Å². The molecular weight excluding hydrogens is 372 g/mol. The molecule has 0 bridgehead atoms. The highest BCUT2D eigenvalue weighted by Crippen LogP contribution is 2.59. The molecule has 3 fully saturated rings. The molecule has 4 N–H and O–H groups in total. The van der Waals surface area contributed by atoms with E-state index in [1.54, 1.807) is 6.07 Å². The van der Waals surface area contributed by atoms with Crippen LogP contribution in [0.15, 0.2) is 16.7 Å². The van der Waals surface area contributed by atoms with Crippen LogP contribution in [0.3, 0.4) is 0 Å². The zero-order chi connectivity index (χ0) is 20.2. The first kappa shape index (κ1) is 18.2. The van der Waals surface area contributed by atoms with E-state index < -0.39 is 0 Å². The van der Waals surface area contributed by atoms with E-state index in [9.17, 15) is 9.59 Å². The molecule has 2 aromatic heterocycles. The SMILES string of the molecule is Cc1cc(CC(=O)Nc2cc([C@@H]3C[C@H](NC(=O)NC4(C)CC4)[C@H]4C[C@H]43)[nH]n2)on1. The van der Waals surface area contributed by atoms with Gasteiger partial charge in [0.25, 0.3) is 0 Å². The number of aromatic nitrogens is 3. The Labute approximate surface area is 168 Å². The molecule has 0 unspecified atom stereocenters. The van der Waals surface area contributed by atoms with Gasteiger partial charge in [-0.1, -0.05) is 5.16 Å². The number of fused-ring (bicyclic) bond motifs is 1. The van der Waals surface area contributed by atoms with Crippen molar-refractivity contribution in [2.24, 2.45) is 11.8 Å². The normalized spacial score (nSPS) is 28.5. The smallest absolute Gasteiger partial charge is 0.315 e. The lowest BCUT2D eigenvalue weighted by molar-refractivity contribution is -0.115. The minimum absolute atomic E-state index is 0.00801. The maximum Gasteiger partial charge on any atom is 0.315 e. The Balaban J connectivity index is 1.16. The maximum atomic E-state index is 12.2. The number of carbonyl (C=O) groups excluding carboxylic acids is 2. The number of amides is 3. The van der Waals surface area contributed by atoms with Gasteiger partial charge in [0.1, 0.15) is 5.76 Å². The Bertz CT molecular complexity index is 946. The average Bonchev–Trinajstić information content (AvgIpc) is 3.43. The first-order chi connectivity index (χ1) is 13.9. The highest BCUT2D eigenvalue weighted by molar-refractivity contribution is 5.91. The van der Waals surface area contributed by atoms with E-state index in [0.717, 1.165) is 37.1 Å². The molecule has 0 saturated heterocycles. The van der Waals surface area contributed by atoms with Crippen LogP contribution < -0.4 is 16.0 Å². The molecule has 3 aliphatic carbocycles. The minimum atomic E-state index is -0.195. The van der Waals surface area contributed by atoms with Crippen molar-refractivity contribution in [3.05, 3.63) is 29.3 Å². The van der Waals surface area contributed by atoms with E-state index in [-0.39, 0.29) is 29.9 Å². The topological polar surface area (TPSA) is 125 Å². The summed E-state index contributed by atoms with van der Waals surface area (Å²) in [6, 6.07) is 3.79. The van der Waals surface area contributed by atoms with Crippen LogP contribution in [-0.2, 0) is 11.2 Å². The Morgan fingerprint density at radius 1 is 1.28 bits per heavy atom. The summed E-state index contributed by atoms with van der Waals surface area (Å²) < 4.78 is 5.08. The minimum Gasteiger partial charge on any atom is -0.361 e. The highest BCUT2D eigenvalue weighted by atomic mass is 16.5. The molecule has 154 valence electrons. The lowest BCUT2D eigenvalue weighted by Gasteiger charge is -2.19. The van der Waals surface area contributed by atoms with Crippen LogP contribution in [0.1, 0.15) is 55.7 Å². The first-order valence-corrected chi connectivity index (χ1v) is 10.2. The summed E-state index contributed by atoms with van der Waals surface area (Å²) in [6.45, 7) is 3.89. The summed E-state index contributed by atoms with van der Waals surface area (Å²) in [5.74, 6) is 2.28. The predicted molar refractivity (Wildman–Crippen MR) is 104 cm³/mol. The van der Waals surface area contributed by atoms with Gasteiger partial charge in [-0.2, -0.15) is 5.10 Å². The molecular formula is C20H26N6O3. The van der Waals surface area contributed by atoms with E-state index in [1.165, 1.54) is 0 Å². The first-order valence-electron chi connectivity index (χ1n) is 10.2. The van der Waals surface area contributed by atoms with Gasteiger partial charge in [-0.3, -0.25) is 9.89 Å². The largest absolute Gasteiger partial charge is 0.361 e. The molecule has 2 aromatic rings. The van der Waals surface area contributed by atoms with Gasteiger partial charge in [-0.05, 0) is 51.4 Å². The second-order valence-corrected chi connectivity index (χ2v) is 9.04. The number of carbonyl (C=O) groups is 2. The third-order valence-corrected chi connectivity index (χ3v) is 6.44. The van der Waals surface area contributed by atoms with Crippen molar-refractivity contribution in [3.8, 4) is 0 Å². The van der Waals surface area contributed by atoms with Gasteiger partial charge in [-0.15, -0.1) is 0 Å². The number of hydrogen-bond acceptors (Lipinski definition) is 5. The van der Waals surface area contributed by atoms with Crippen LogP contribution in [0.2, 0.25) is 0 Å². The van der Waals surface area contributed by atoms with Gasteiger partial charge in [0.05, 0.1) is 12.1 Å². The molecule has 9 heteroatoms. The van der Waals surface area contributed by atoms with Crippen LogP contribution in [0, 0.1) is 18.8 Å². The molecule has 9 nitrogen and oxygen atoms in total. The molecule has 4 atom stereocenters. The molecule has 3 aliphatic rings. The predicted octanol–water partition coefficient (Wildman–Crippen LogP) is 2.23. The summed E-state index contributed by atoms with van der Waals surface area (Å²) in [6.07, 6.45) is 4.25. The van der Waals surface area contributed by atoms with Crippen molar-refractivity contribution in [2.45, 2.75) is 63.5 Å². The van der Waals surface area contributed by atoms with Crippen LogP contribution in [-0.4, -0.2) is 38.9 Å². The summed E-state index contributed by atoms with van der Waals surface area (Å²) in [7, 11) is 0. The van der Waals surface area contributed by atoms with E-state index in [4.69, 9.17) is 4.52 Å². The summed E-state index contributed by atoms with van der Waals surface area (Å²) >= 11 is 0. The quantitative estimate of drug-likeness (QED) is 0.594. The third-order valence-electron chi connectivity index (χ3n) is 6.44. The van der Waals surface area contributed by atoms with Gasteiger partial charge in [0.2, 0.25) is 5.91 Å². The number of nitrogens with one attached hydrogen (secondary N) is 4. The number of urea groups is 1. The second-order valence-electron chi connectivity index (χ2n) is 9.04. The van der Waals surface area contributed by atoms with Crippen LogP contribution in [0.25, 0.3) is 0 Å². The van der Waals surface area contributed by atoms with Crippen molar-refractivity contribution in [3.63, 3.8) is 0 Å². The van der Waals surface area contributed by atoms with Gasteiger partial charge in [0.15, 0.2) is 5.82 Å². The Kier molecular flexibility index (Phi) is 4.15. The van der Waals surface area contributed by atoms with Gasteiger partial charge in [-0.25, -0.2) is 4.79 Å². The Hall–Kier alpha value is -2.84. The molecule has 0 aromatic carbocycles. The molecule has 3 saturated carbocycles. The van der Waals surface area contributed by atoms with E-state index in [2.05, 4.69) is 38.2 Å². The highest BCUT2D eigenvalue weighted by Gasteiger charge is 2.55. The number of H-pyrrole nitrogens is 1. The summed E-state index contributed by atoms with van der Waals surface area (Å²) in [4.78, 5) is 24.4. The molecule has 29 heavy (non-hydrogen) atoms.